The van der Waals surface area contributed by atoms with Crippen LogP contribution in [-0.2, 0) is 25.7 Å². The number of carbonyl (C=O) groups is 6. The third kappa shape index (κ3) is 24.9. The smallest absolute Gasteiger partial charge is 0.475 e. The number of fused-ring (bicyclic) bond motifs is 2. The first kappa shape index (κ1) is 58.7. The Morgan fingerprint density at radius 1 is 0.538 bits per heavy atom. The van der Waals surface area contributed by atoms with Crippen molar-refractivity contribution in [1.82, 2.24) is 16.0 Å². The van der Waals surface area contributed by atoms with Gasteiger partial charge in [0.25, 0.3) is 0 Å². The van der Waals surface area contributed by atoms with Crippen molar-refractivity contribution in [3.8, 4) is 5.75 Å². The Bertz CT molecular complexity index is 1960. The van der Waals surface area contributed by atoms with Crippen molar-refractivity contribution in [1.29, 1.82) is 0 Å². The Hall–Kier alpha value is -6.32. The molecular weight excluding hydrogens is 916 g/mol. The number of aliphatic carboxylic acids is 4. The van der Waals surface area contributed by atoms with Crippen LogP contribution in [0.3, 0.4) is 0 Å². The average Bonchev–Trinajstić information content (AvgIpc) is 3.20. The second-order valence-electron chi connectivity index (χ2n) is 12.4. The van der Waals surface area contributed by atoms with E-state index >= 15 is 0 Å². The van der Waals surface area contributed by atoms with Crippen molar-refractivity contribution >= 4 is 46.2 Å². The standard InChI is InChI=1S/C30H36N4O3.4C2HF3O2/c31-12-3-13-32-14-4-15-33-16-5-17-34-21-22-8-10-25(11-9-22)37-29-20-28(35)26-18-23-6-1-2-7-24(23)19-27(26)30(29)36;4*3-2(4,5)1(6)7/h1-2,6-11,18-20,32-34H,3-5,12-17,21,31H2;4*(H,6,7). The lowest BCUT2D eigenvalue weighted by Crippen LogP contribution is -2.26. The molecule has 0 bridgehead atoms. The number of carbonyl (C=O) groups excluding carboxylic acids is 2. The predicted molar refractivity (Wildman–Crippen MR) is 203 cm³/mol. The number of ether oxygens (including phenoxy) is 1. The minimum atomic E-state index is -5.08. The number of Topliss-reactive ketones (excluding diaryl/α,β-unsaturated/α-hetero) is 1. The molecule has 4 rings (SSSR count). The van der Waals surface area contributed by atoms with Crippen molar-refractivity contribution in [2.75, 3.05) is 39.3 Å². The highest BCUT2D eigenvalue weighted by atomic mass is 19.4. The number of nitrogens with one attached hydrogen (secondary N) is 3. The van der Waals surface area contributed by atoms with Gasteiger partial charge in [0, 0.05) is 23.7 Å². The van der Waals surface area contributed by atoms with Gasteiger partial charge in [-0.15, -0.1) is 0 Å². The second kappa shape index (κ2) is 27.8. The van der Waals surface area contributed by atoms with Crippen molar-refractivity contribution in [2.24, 2.45) is 5.73 Å². The van der Waals surface area contributed by atoms with Crippen LogP contribution in [0, 0.1) is 0 Å². The van der Waals surface area contributed by atoms with Crippen molar-refractivity contribution < 1.29 is 107 Å². The molecule has 0 aromatic heterocycles. The minimum Gasteiger partial charge on any atom is -0.475 e. The summed E-state index contributed by atoms with van der Waals surface area (Å²) in [4.78, 5) is 61.3. The van der Waals surface area contributed by atoms with Gasteiger partial charge >= 0.3 is 48.6 Å². The summed E-state index contributed by atoms with van der Waals surface area (Å²) >= 11 is 0. The first-order valence-electron chi connectivity index (χ1n) is 18.1. The molecule has 0 saturated carbocycles. The molecule has 1 aliphatic carbocycles. The fourth-order valence-corrected chi connectivity index (χ4v) is 4.29. The van der Waals surface area contributed by atoms with E-state index in [0.29, 0.717) is 16.9 Å². The molecular formula is C38H40F12N4O11. The fourth-order valence-electron chi connectivity index (χ4n) is 4.29. The van der Waals surface area contributed by atoms with E-state index in [9.17, 15) is 62.3 Å². The Kier molecular flexibility index (Phi) is 25.1. The number of ketones is 2. The molecule has 0 unspecified atom stereocenters. The number of halogens is 12. The molecule has 3 aromatic rings. The van der Waals surface area contributed by atoms with Gasteiger partial charge in [-0.25, -0.2) is 19.2 Å². The summed E-state index contributed by atoms with van der Waals surface area (Å²) in [6, 6.07) is 18.8. The first-order chi connectivity index (χ1) is 29.9. The lowest BCUT2D eigenvalue weighted by molar-refractivity contribution is -0.193. The lowest BCUT2D eigenvalue weighted by atomic mass is 9.90. The van der Waals surface area contributed by atoms with Crippen LogP contribution in [0.25, 0.3) is 10.8 Å². The highest BCUT2D eigenvalue weighted by Crippen LogP contribution is 2.28. The zero-order valence-corrected chi connectivity index (χ0v) is 33.2. The molecule has 0 spiro atoms. The maximum atomic E-state index is 13.0. The molecule has 1 aliphatic rings. The molecule has 362 valence electrons. The zero-order chi connectivity index (χ0) is 50.2. The Balaban J connectivity index is 0.00000118. The zero-order valence-electron chi connectivity index (χ0n) is 33.2. The van der Waals surface area contributed by atoms with Crippen molar-refractivity contribution in [3.05, 3.63) is 89.2 Å². The van der Waals surface area contributed by atoms with Crippen LogP contribution < -0.4 is 26.4 Å². The van der Waals surface area contributed by atoms with Gasteiger partial charge in [0.2, 0.25) is 5.78 Å². The number of alkyl halides is 12. The molecule has 0 saturated heterocycles. The summed E-state index contributed by atoms with van der Waals surface area (Å²) in [5.41, 5.74) is 7.40. The van der Waals surface area contributed by atoms with Gasteiger partial charge in [0.05, 0.1) is 0 Å². The van der Waals surface area contributed by atoms with Gasteiger partial charge in [-0.3, -0.25) is 9.59 Å². The summed E-state index contributed by atoms with van der Waals surface area (Å²) in [7, 11) is 0. The largest absolute Gasteiger partial charge is 0.490 e. The molecule has 65 heavy (non-hydrogen) atoms. The Morgan fingerprint density at radius 2 is 0.892 bits per heavy atom. The van der Waals surface area contributed by atoms with Gasteiger partial charge < -0.3 is 46.8 Å². The average molecular weight is 957 g/mol. The molecule has 0 atom stereocenters. The molecule has 0 amide bonds. The molecule has 0 fully saturated rings. The van der Waals surface area contributed by atoms with E-state index in [4.69, 9.17) is 50.1 Å². The van der Waals surface area contributed by atoms with E-state index in [1.54, 1.807) is 12.1 Å². The summed E-state index contributed by atoms with van der Waals surface area (Å²) in [5.74, 6) is -10.9. The Labute approximate surface area is 359 Å². The number of benzene rings is 3. The highest BCUT2D eigenvalue weighted by Gasteiger charge is 2.40. The number of hydrogen-bond acceptors (Lipinski definition) is 11. The molecule has 0 aliphatic heterocycles. The molecule has 0 radical (unpaired) electrons. The van der Waals surface area contributed by atoms with Crippen LogP contribution in [0.2, 0.25) is 0 Å². The quantitative estimate of drug-likeness (QED) is 0.0632. The molecule has 3 aromatic carbocycles. The SMILES string of the molecule is NCCCNCCCNCCCNCc1ccc(OC2=CC(=O)c3cc4ccccc4cc3C2=O)cc1.O=C(O)C(F)(F)F.O=C(O)C(F)(F)F.O=C(O)C(F)(F)F.O=C(O)C(F)(F)F. The number of carboxylic acid groups (broad SMARTS) is 4. The fraction of sp³-hybridized carbons (Fsp3) is 0.368. The molecule has 0 heterocycles. The summed E-state index contributed by atoms with van der Waals surface area (Å²) in [5, 5.41) is 40.6. The van der Waals surface area contributed by atoms with E-state index in [-0.39, 0.29) is 17.3 Å². The summed E-state index contributed by atoms with van der Waals surface area (Å²) < 4.78 is 133. The van der Waals surface area contributed by atoms with Gasteiger partial charge in [-0.05, 0) is 99.1 Å². The third-order valence-corrected chi connectivity index (χ3v) is 7.30. The molecule has 27 heteroatoms. The second-order valence-corrected chi connectivity index (χ2v) is 12.4. The first-order valence-corrected chi connectivity index (χ1v) is 18.1. The maximum absolute atomic E-state index is 13.0. The number of hydrogen-bond donors (Lipinski definition) is 8. The number of carboxylic acids is 4. The highest BCUT2D eigenvalue weighted by molar-refractivity contribution is 6.25. The van der Waals surface area contributed by atoms with Crippen LogP contribution in [0.15, 0.2) is 72.5 Å². The Morgan fingerprint density at radius 3 is 1.26 bits per heavy atom. The van der Waals surface area contributed by atoms with Crippen LogP contribution in [0.4, 0.5) is 52.7 Å². The van der Waals surface area contributed by atoms with Crippen molar-refractivity contribution in [2.45, 2.75) is 50.5 Å². The van der Waals surface area contributed by atoms with E-state index in [1.165, 1.54) is 6.08 Å². The van der Waals surface area contributed by atoms with Gasteiger partial charge in [0.1, 0.15) is 5.75 Å². The van der Waals surface area contributed by atoms with Gasteiger partial charge in [0.15, 0.2) is 11.5 Å². The number of allylic oxidation sites excluding steroid dienone is 2. The topological polar surface area (TPSA) is 255 Å². The van der Waals surface area contributed by atoms with E-state index < -0.39 is 48.6 Å². The van der Waals surface area contributed by atoms with E-state index in [0.717, 1.165) is 81.4 Å². The van der Waals surface area contributed by atoms with E-state index in [2.05, 4.69) is 16.0 Å². The van der Waals surface area contributed by atoms with Crippen LogP contribution in [0.1, 0.15) is 45.5 Å². The normalized spacial score (nSPS) is 12.3. The number of rotatable bonds is 15. The molecule has 9 N–H and O–H groups in total. The van der Waals surface area contributed by atoms with E-state index in [1.807, 2.05) is 48.5 Å². The van der Waals surface area contributed by atoms with Crippen LogP contribution in [0.5, 0.6) is 5.75 Å². The minimum absolute atomic E-state index is 0.0532. The van der Waals surface area contributed by atoms with Crippen molar-refractivity contribution in [3.63, 3.8) is 0 Å². The van der Waals surface area contributed by atoms with Crippen LogP contribution >= 0.6 is 0 Å². The number of nitrogens with two attached hydrogens (primary N) is 1. The van der Waals surface area contributed by atoms with Crippen LogP contribution in [-0.4, -0.2) is 120 Å². The summed E-state index contributed by atoms with van der Waals surface area (Å²) in [6.45, 7) is 6.45. The predicted octanol–water partition coefficient (Wildman–Crippen LogP) is 6.11. The monoisotopic (exact) mass is 956 g/mol. The summed E-state index contributed by atoms with van der Waals surface area (Å²) in [6.07, 6.45) is -15.8. The molecule has 15 nitrogen and oxygen atoms in total. The van der Waals surface area contributed by atoms with Gasteiger partial charge in [-0.2, -0.15) is 52.7 Å². The van der Waals surface area contributed by atoms with Gasteiger partial charge in [-0.1, -0.05) is 36.4 Å². The third-order valence-electron chi connectivity index (χ3n) is 7.30. The maximum Gasteiger partial charge on any atom is 0.490 e. The lowest BCUT2D eigenvalue weighted by Gasteiger charge is -2.17.